The lowest BCUT2D eigenvalue weighted by atomic mass is 10.0. The smallest absolute Gasteiger partial charge is 0.140 e. The van der Waals surface area contributed by atoms with Crippen LogP contribution in [0.3, 0.4) is 0 Å². The normalized spacial score (nSPS) is 21.2. The summed E-state index contributed by atoms with van der Waals surface area (Å²) >= 11 is 5.45. The van der Waals surface area contributed by atoms with E-state index in [1.165, 1.54) is 30.5 Å². The minimum atomic E-state index is -0.195. The highest BCUT2D eigenvalue weighted by Gasteiger charge is 2.39. The third-order valence-electron chi connectivity index (χ3n) is 4.22. The van der Waals surface area contributed by atoms with Crippen molar-refractivity contribution in [2.75, 3.05) is 6.61 Å². The summed E-state index contributed by atoms with van der Waals surface area (Å²) in [4.78, 5) is 8.18. The number of hydrogen-bond acceptors (Lipinski definition) is 3. The van der Waals surface area contributed by atoms with Gasteiger partial charge in [-0.1, -0.05) is 12.2 Å². The Kier molecular flexibility index (Phi) is 3.24. The molecule has 0 unspecified atom stereocenters. The first-order chi connectivity index (χ1) is 8.75. The Bertz CT molecular complexity index is 503. The molecule has 0 saturated heterocycles. The van der Waals surface area contributed by atoms with Crippen LogP contribution in [0.15, 0.2) is 0 Å². The summed E-state index contributed by atoms with van der Waals surface area (Å²) in [7, 11) is 0. The molecule has 4 heteroatoms. The Hall–Kier alpha value is -0.740. The topological polar surface area (TPSA) is 37.9 Å². The average Bonchev–Trinajstić information content (AvgIpc) is 2.98. The molecule has 1 N–H and O–H groups in total. The minimum absolute atomic E-state index is 0.195. The lowest BCUT2D eigenvalue weighted by Crippen LogP contribution is -2.29. The predicted molar refractivity (Wildman–Crippen MR) is 73.2 cm³/mol. The Morgan fingerprint density at radius 2 is 2.06 bits per heavy atom. The van der Waals surface area contributed by atoms with Crippen molar-refractivity contribution in [3.05, 3.63) is 21.7 Å². The molecule has 0 aliphatic heterocycles. The summed E-state index contributed by atoms with van der Waals surface area (Å²) in [6, 6.07) is 0. The molecule has 0 spiro atoms. The van der Waals surface area contributed by atoms with Gasteiger partial charge in [0.25, 0.3) is 0 Å². The summed E-state index contributed by atoms with van der Waals surface area (Å²) in [5.41, 5.74) is 2.37. The van der Waals surface area contributed by atoms with Gasteiger partial charge in [0.15, 0.2) is 0 Å². The summed E-state index contributed by atoms with van der Waals surface area (Å²) in [5.74, 6) is 0.979. The predicted octanol–water partition coefficient (Wildman–Crippen LogP) is 3.43. The van der Waals surface area contributed by atoms with Gasteiger partial charge in [0.1, 0.15) is 16.1 Å². The van der Waals surface area contributed by atoms with Crippen molar-refractivity contribution >= 4 is 12.2 Å². The number of fused-ring (bicyclic) bond motifs is 1. The van der Waals surface area contributed by atoms with Crippen LogP contribution in [0, 0.1) is 4.64 Å². The number of aromatic amines is 1. The van der Waals surface area contributed by atoms with Crippen LogP contribution >= 0.6 is 12.2 Å². The highest BCUT2D eigenvalue weighted by atomic mass is 32.1. The minimum Gasteiger partial charge on any atom is -0.367 e. The van der Waals surface area contributed by atoms with Crippen LogP contribution in [0.4, 0.5) is 0 Å². The van der Waals surface area contributed by atoms with Gasteiger partial charge in [-0.2, -0.15) is 0 Å². The molecule has 1 aromatic rings. The third-order valence-corrected chi connectivity index (χ3v) is 4.56. The van der Waals surface area contributed by atoms with Gasteiger partial charge in [-0.05, 0) is 51.9 Å². The molecule has 1 saturated carbocycles. The van der Waals surface area contributed by atoms with Crippen molar-refractivity contribution in [1.82, 2.24) is 9.97 Å². The van der Waals surface area contributed by atoms with E-state index in [0.29, 0.717) is 0 Å². The maximum absolute atomic E-state index is 6.05. The molecule has 0 amide bonds. The number of nitrogens with zero attached hydrogens (tertiary/aromatic N) is 1. The largest absolute Gasteiger partial charge is 0.367 e. The van der Waals surface area contributed by atoms with Crippen LogP contribution in [0.1, 0.15) is 56.1 Å². The maximum atomic E-state index is 6.05. The van der Waals surface area contributed by atoms with Gasteiger partial charge in [0.05, 0.1) is 0 Å². The zero-order valence-electron chi connectivity index (χ0n) is 10.9. The Labute approximate surface area is 113 Å². The maximum Gasteiger partial charge on any atom is 0.140 e. The van der Waals surface area contributed by atoms with E-state index in [-0.39, 0.29) is 5.60 Å². The van der Waals surface area contributed by atoms with Crippen molar-refractivity contribution in [2.45, 2.75) is 57.5 Å². The lowest BCUT2D eigenvalue weighted by molar-refractivity contribution is -0.0459. The third kappa shape index (κ3) is 1.91. The molecule has 2 aliphatic carbocycles. The number of ether oxygens (including phenoxy) is 1. The zero-order valence-corrected chi connectivity index (χ0v) is 11.7. The number of H-pyrrole nitrogens is 1. The van der Waals surface area contributed by atoms with Gasteiger partial charge in [0.2, 0.25) is 0 Å². The van der Waals surface area contributed by atoms with Crippen molar-refractivity contribution < 1.29 is 4.74 Å². The van der Waals surface area contributed by atoms with E-state index in [1.54, 1.807) is 0 Å². The molecular weight excluding hydrogens is 244 g/mol. The standard InChI is InChI=1S/C14H20N2OS/c1-2-17-14(8-3-4-9-14)13-15-11-7-5-6-10(11)12(18)16-13/h2-9H2,1H3,(H,15,16,18). The number of hydrogen-bond donors (Lipinski definition) is 1. The highest BCUT2D eigenvalue weighted by molar-refractivity contribution is 7.71. The quantitative estimate of drug-likeness (QED) is 0.850. The first kappa shape index (κ1) is 12.3. The van der Waals surface area contributed by atoms with Crippen LogP contribution in [0.5, 0.6) is 0 Å². The monoisotopic (exact) mass is 264 g/mol. The molecule has 98 valence electrons. The van der Waals surface area contributed by atoms with E-state index >= 15 is 0 Å². The molecule has 0 bridgehead atoms. The van der Waals surface area contributed by atoms with Crippen molar-refractivity contribution in [3.8, 4) is 0 Å². The molecule has 2 aliphatic rings. The summed E-state index contributed by atoms with van der Waals surface area (Å²) in [6.45, 7) is 2.79. The molecule has 1 aromatic heterocycles. The van der Waals surface area contributed by atoms with E-state index in [9.17, 15) is 0 Å². The number of aromatic nitrogens is 2. The molecule has 0 aromatic carbocycles. The van der Waals surface area contributed by atoms with E-state index in [4.69, 9.17) is 17.0 Å². The van der Waals surface area contributed by atoms with Gasteiger partial charge in [-0.3, -0.25) is 0 Å². The first-order valence-electron chi connectivity index (χ1n) is 7.02. The molecule has 1 heterocycles. The van der Waals surface area contributed by atoms with Crippen molar-refractivity contribution in [1.29, 1.82) is 0 Å². The first-order valence-corrected chi connectivity index (χ1v) is 7.42. The Morgan fingerprint density at radius 1 is 1.28 bits per heavy atom. The summed E-state index contributed by atoms with van der Waals surface area (Å²) < 4.78 is 6.84. The number of aryl methyl sites for hydroxylation is 1. The number of nitrogens with one attached hydrogen (secondary N) is 1. The molecule has 3 rings (SSSR count). The second-order valence-corrected chi connectivity index (χ2v) is 5.72. The number of rotatable bonds is 3. The van der Waals surface area contributed by atoms with Crippen molar-refractivity contribution in [2.24, 2.45) is 0 Å². The molecule has 18 heavy (non-hydrogen) atoms. The van der Waals surface area contributed by atoms with Crippen LogP contribution in [0.2, 0.25) is 0 Å². The van der Waals surface area contributed by atoms with E-state index < -0.39 is 0 Å². The fourth-order valence-electron chi connectivity index (χ4n) is 3.35. The fourth-order valence-corrected chi connectivity index (χ4v) is 3.66. The van der Waals surface area contributed by atoms with Crippen LogP contribution in [0.25, 0.3) is 0 Å². The van der Waals surface area contributed by atoms with E-state index in [2.05, 4.69) is 16.9 Å². The van der Waals surface area contributed by atoms with Gasteiger partial charge in [0, 0.05) is 17.9 Å². The van der Waals surface area contributed by atoms with Gasteiger partial charge in [-0.25, -0.2) is 4.98 Å². The summed E-state index contributed by atoms with van der Waals surface area (Å²) in [5, 5.41) is 0. The molecule has 1 fully saturated rings. The molecule has 0 atom stereocenters. The van der Waals surface area contributed by atoms with Crippen LogP contribution in [-0.2, 0) is 23.2 Å². The van der Waals surface area contributed by atoms with Crippen molar-refractivity contribution in [3.63, 3.8) is 0 Å². The SMILES string of the molecule is CCOC1(c2nc(=S)c3c([nH]2)CCC3)CCCC1. The van der Waals surface area contributed by atoms with Crippen LogP contribution < -0.4 is 0 Å². The highest BCUT2D eigenvalue weighted by Crippen LogP contribution is 2.41. The second kappa shape index (κ2) is 4.74. The summed E-state index contributed by atoms with van der Waals surface area (Å²) in [6.07, 6.45) is 7.97. The van der Waals surface area contributed by atoms with Gasteiger partial charge < -0.3 is 9.72 Å². The Morgan fingerprint density at radius 3 is 2.78 bits per heavy atom. The van der Waals surface area contributed by atoms with E-state index in [1.807, 2.05) is 0 Å². The lowest BCUT2D eigenvalue weighted by Gasteiger charge is -2.28. The van der Waals surface area contributed by atoms with Gasteiger partial charge in [-0.15, -0.1) is 0 Å². The molecule has 0 radical (unpaired) electrons. The fraction of sp³-hybridized carbons (Fsp3) is 0.714. The average molecular weight is 264 g/mol. The van der Waals surface area contributed by atoms with Gasteiger partial charge >= 0.3 is 0 Å². The van der Waals surface area contributed by atoms with E-state index in [0.717, 1.165) is 42.8 Å². The molecule has 3 nitrogen and oxygen atoms in total. The molecular formula is C14H20N2OS. The van der Waals surface area contributed by atoms with Crippen LogP contribution in [-0.4, -0.2) is 16.6 Å². The second-order valence-electron chi connectivity index (χ2n) is 5.34. The Balaban J connectivity index is 2.05. The zero-order chi connectivity index (χ0) is 12.6.